The highest BCUT2D eigenvalue weighted by molar-refractivity contribution is 6.31. The molecule has 1 unspecified atom stereocenters. The van der Waals surface area contributed by atoms with Gasteiger partial charge in [-0.25, -0.2) is 4.39 Å². The molecule has 0 radical (unpaired) electrons. The summed E-state index contributed by atoms with van der Waals surface area (Å²) in [5.74, 6) is -0.279. The monoisotopic (exact) mass is 277 g/mol. The first-order valence-corrected chi connectivity index (χ1v) is 6.75. The van der Waals surface area contributed by atoms with Crippen LogP contribution < -0.4 is 5.32 Å². The fourth-order valence-electron chi connectivity index (χ4n) is 2.14. The van der Waals surface area contributed by atoms with E-state index in [0.717, 1.165) is 12.1 Å². The number of hydrogen-bond donors (Lipinski definition) is 1. The van der Waals surface area contributed by atoms with Gasteiger partial charge in [0.2, 0.25) is 0 Å². The Balaban J connectivity index is 2.48. The Morgan fingerprint density at radius 1 is 1.16 bits per heavy atom. The highest BCUT2D eigenvalue weighted by Crippen LogP contribution is 2.30. The highest BCUT2D eigenvalue weighted by atomic mass is 35.5. The van der Waals surface area contributed by atoms with Crippen molar-refractivity contribution in [2.75, 3.05) is 6.54 Å². The van der Waals surface area contributed by atoms with Gasteiger partial charge in [0.25, 0.3) is 0 Å². The maximum absolute atomic E-state index is 14.1. The number of benzene rings is 2. The number of hydrogen-bond acceptors (Lipinski definition) is 1. The smallest absolute Gasteiger partial charge is 0.129 e. The molecule has 0 aromatic heterocycles. The van der Waals surface area contributed by atoms with Crippen LogP contribution in [0.1, 0.15) is 29.7 Å². The maximum Gasteiger partial charge on any atom is 0.129 e. The van der Waals surface area contributed by atoms with Gasteiger partial charge in [-0.15, -0.1) is 0 Å². The Morgan fingerprint density at radius 3 is 2.42 bits per heavy atom. The summed E-state index contributed by atoms with van der Waals surface area (Å²) in [5, 5.41) is 3.74. The highest BCUT2D eigenvalue weighted by Gasteiger charge is 2.19. The molecule has 1 atom stereocenters. The van der Waals surface area contributed by atoms with Crippen molar-refractivity contribution in [1.29, 1.82) is 0 Å². The lowest BCUT2D eigenvalue weighted by Gasteiger charge is -2.21. The molecule has 0 aliphatic rings. The predicted octanol–water partition coefficient (Wildman–Crippen LogP) is 4.49. The van der Waals surface area contributed by atoms with Crippen LogP contribution in [0.3, 0.4) is 0 Å². The second kappa shape index (κ2) is 6.18. The standard InChI is InChI=1S/C16H17ClFN/c1-3-19-16(12-9-7-11(2)8-10-12)15-13(17)5-4-6-14(15)18/h4-10,16,19H,3H2,1-2H3. The molecule has 0 spiro atoms. The van der Waals surface area contributed by atoms with Crippen LogP contribution in [-0.2, 0) is 0 Å². The summed E-state index contributed by atoms with van der Waals surface area (Å²) in [7, 11) is 0. The maximum atomic E-state index is 14.1. The van der Waals surface area contributed by atoms with Gasteiger partial charge in [-0.2, -0.15) is 0 Å². The van der Waals surface area contributed by atoms with Crippen LogP contribution in [0, 0.1) is 12.7 Å². The zero-order valence-corrected chi connectivity index (χ0v) is 11.8. The topological polar surface area (TPSA) is 12.0 Å². The van der Waals surface area contributed by atoms with Gasteiger partial charge in [0.1, 0.15) is 5.82 Å². The van der Waals surface area contributed by atoms with Gasteiger partial charge < -0.3 is 5.32 Å². The van der Waals surface area contributed by atoms with E-state index in [1.54, 1.807) is 12.1 Å². The first kappa shape index (κ1) is 14.0. The Hall–Kier alpha value is -1.38. The number of rotatable bonds is 4. The molecular formula is C16H17ClFN. The minimum Gasteiger partial charge on any atom is -0.306 e. The van der Waals surface area contributed by atoms with E-state index in [1.165, 1.54) is 11.6 Å². The lowest BCUT2D eigenvalue weighted by Crippen LogP contribution is -2.23. The molecule has 0 saturated heterocycles. The van der Waals surface area contributed by atoms with E-state index in [0.29, 0.717) is 10.6 Å². The zero-order chi connectivity index (χ0) is 13.8. The summed E-state index contributed by atoms with van der Waals surface area (Å²) in [6, 6.07) is 12.6. The lowest BCUT2D eigenvalue weighted by atomic mass is 9.97. The predicted molar refractivity (Wildman–Crippen MR) is 78.1 cm³/mol. The van der Waals surface area contributed by atoms with Crippen LogP contribution in [0.4, 0.5) is 4.39 Å². The molecule has 1 N–H and O–H groups in total. The Bertz CT molecular complexity index is 531. The zero-order valence-electron chi connectivity index (χ0n) is 11.1. The van der Waals surface area contributed by atoms with E-state index >= 15 is 0 Å². The van der Waals surface area contributed by atoms with Gasteiger partial charge in [0.15, 0.2) is 0 Å². The summed E-state index contributed by atoms with van der Waals surface area (Å²) in [6.45, 7) is 4.77. The third-order valence-corrected chi connectivity index (χ3v) is 3.44. The first-order chi connectivity index (χ1) is 9.13. The molecular weight excluding hydrogens is 261 g/mol. The molecule has 3 heteroatoms. The third kappa shape index (κ3) is 3.14. The summed E-state index contributed by atoms with van der Waals surface area (Å²) in [5.41, 5.74) is 2.70. The minimum absolute atomic E-state index is 0.223. The molecule has 2 aromatic rings. The van der Waals surface area contributed by atoms with Crippen molar-refractivity contribution in [3.63, 3.8) is 0 Å². The molecule has 0 bridgehead atoms. The van der Waals surface area contributed by atoms with Gasteiger partial charge in [-0.3, -0.25) is 0 Å². The number of aryl methyl sites for hydroxylation is 1. The first-order valence-electron chi connectivity index (χ1n) is 6.37. The van der Waals surface area contributed by atoms with Crippen molar-refractivity contribution in [3.05, 3.63) is 70.0 Å². The molecule has 100 valence electrons. The minimum atomic E-state index is -0.279. The summed E-state index contributed by atoms with van der Waals surface area (Å²) < 4.78 is 14.1. The summed E-state index contributed by atoms with van der Waals surface area (Å²) in [6.07, 6.45) is 0. The molecule has 0 aliphatic heterocycles. The van der Waals surface area contributed by atoms with Gasteiger partial charge >= 0.3 is 0 Å². The Kier molecular flexibility index (Phi) is 4.56. The largest absolute Gasteiger partial charge is 0.306 e. The van der Waals surface area contributed by atoms with Crippen LogP contribution in [0.2, 0.25) is 5.02 Å². The molecule has 2 aromatic carbocycles. The average Bonchev–Trinajstić information content (AvgIpc) is 2.38. The Labute approximate surface area is 118 Å². The van der Waals surface area contributed by atoms with Gasteiger partial charge in [0, 0.05) is 10.6 Å². The van der Waals surface area contributed by atoms with Crippen LogP contribution in [0.15, 0.2) is 42.5 Å². The average molecular weight is 278 g/mol. The van der Waals surface area contributed by atoms with Crippen LogP contribution in [0.25, 0.3) is 0 Å². The van der Waals surface area contributed by atoms with Crippen molar-refractivity contribution in [2.45, 2.75) is 19.9 Å². The fraction of sp³-hybridized carbons (Fsp3) is 0.250. The van der Waals surface area contributed by atoms with Crippen LogP contribution in [-0.4, -0.2) is 6.54 Å². The van der Waals surface area contributed by atoms with Crippen LogP contribution >= 0.6 is 11.6 Å². The van der Waals surface area contributed by atoms with E-state index in [9.17, 15) is 4.39 Å². The van der Waals surface area contributed by atoms with E-state index in [2.05, 4.69) is 5.32 Å². The molecule has 0 heterocycles. The van der Waals surface area contributed by atoms with Crippen molar-refractivity contribution in [3.8, 4) is 0 Å². The van der Waals surface area contributed by atoms with E-state index in [1.807, 2.05) is 38.1 Å². The number of halogens is 2. The molecule has 0 aliphatic carbocycles. The SMILES string of the molecule is CCNC(c1ccc(C)cc1)c1c(F)cccc1Cl. The van der Waals surface area contributed by atoms with Crippen molar-refractivity contribution < 1.29 is 4.39 Å². The molecule has 0 fully saturated rings. The summed E-state index contributed by atoms with van der Waals surface area (Å²) >= 11 is 6.16. The Morgan fingerprint density at radius 2 is 1.84 bits per heavy atom. The van der Waals surface area contributed by atoms with Gasteiger partial charge in [0.05, 0.1) is 6.04 Å². The number of nitrogens with one attached hydrogen (secondary N) is 1. The molecule has 19 heavy (non-hydrogen) atoms. The summed E-state index contributed by atoms with van der Waals surface area (Å²) in [4.78, 5) is 0. The normalized spacial score (nSPS) is 12.4. The molecule has 0 amide bonds. The quantitative estimate of drug-likeness (QED) is 0.868. The second-order valence-corrected chi connectivity index (χ2v) is 4.94. The van der Waals surface area contributed by atoms with Crippen LogP contribution in [0.5, 0.6) is 0 Å². The van der Waals surface area contributed by atoms with Gasteiger partial charge in [-0.05, 0) is 31.2 Å². The van der Waals surface area contributed by atoms with Crippen molar-refractivity contribution in [1.82, 2.24) is 5.32 Å². The lowest BCUT2D eigenvalue weighted by molar-refractivity contribution is 0.559. The van der Waals surface area contributed by atoms with E-state index < -0.39 is 0 Å². The second-order valence-electron chi connectivity index (χ2n) is 4.54. The fourth-order valence-corrected chi connectivity index (χ4v) is 2.41. The molecule has 2 rings (SSSR count). The van der Waals surface area contributed by atoms with E-state index in [-0.39, 0.29) is 11.9 Å². The molecule has 0 saturated carbocycles. The van der Waals surface area contributed by atoms with Gasteiger partial charge in [-0.1, -0.05) is 54.4 Å². The third-order valence-electron chi connectivity index (χ3n) is 3.11. The van der Waals surface area contributed by atoms with E-state index in [4.69, 9.17) is 11.6 Å². The molecule has 1 nitrogen and oxygen atoms in total. The van der Waals surface area contributed by atoms with Crippen molar-refractivity contribution in [2.24, 2.45) is 0 Å². The van der Waals surface area contributed by atoms with Crippen molar-refractivity contribution >= 4 is 11.6 Å².